The van der Waals surface area contributed by atoms with Gasteiger partial charge in [0.25, 0.3) is 5.91 Å². The first-order chi connectivity index (χ1) is 16.8. The van der Waals surface area contributed by atoms with E-state index < -0.39 is 11.7 Å². The third-order valence-electron chi connectivity index (χ3n) is 6.49. The number of halogens is 1. The fraction of sp³-hybridized carbons (Fsp3) is 0.423. The molecule has 0 bridgehead atoms. The zero-order valence-corrected chi connectivity index (χ0v) is 20.5. The molecule has 9 heteroatoms. The van der Waals surface area contributed by atoms with E-state index in [4.69, 9.17) is 4.98 Å². The first-order valence-corrected chi connectivity index (χ1v) is 12.2. The molecule has 5 rings (SSSR count). The van der Waals surface area contributed by atoms with Crippen molar-refractivity contribution in [3.05, 3.63) is 53.4 Å². The molecule has 0 saturated heterocycles. The summed E-state index contributed by atoms with van der Waals surface area (Å²) in [4.78, 5) is 18.2. The van der Waals surface area contributed by atoms with Crippen LogP contribution in [0.25, 0.3) is 22.4 Å². The molecule has 182 valence electrons. The number of nitrogens with zero attached hydrogens (tertiary/aromatic N) is 6. The summed E-state index contributed by atoms with van der Waals surface area (Å²) in [5, 5.41) is 16.6. The minimum absolute atomic E-state index is 0.0886. The number of aryl methyl sites for hydroxylation is 1. The highest BCUT2D eigenvalue weighted by Crippen LogP contribution is 2.29. The monoisotopic (exact) mass is 475 g/mol. The van der Waals surface area contributed by atoms with Gasteiger partial charge in [0.1, 0.15) is 11.6 Å². The van der Waals surface area contributed by atoms with E-state index >= 15 is 0 Å². The van der Waals surface area contributed by atoms with Gasteiger partial charge in [-0.1, -0.05) is 20.3 Å². The SMILES string of the molecule is CC(C)c1cc(C(=O)Nc2cc(-c3nnc4n3CCCCC4)ccc2F)c2cnn(C(C)C)c2n1. The Labute approximate surface area is 203 Å². The summed E-state index contributed by atoms with van der Waals surface area (Å²) in [6, 6.07) is 6.54. The molecule has 0 spiro atoms. The van der Waals surface area contributed by atoms with Gasteiger partial charge in [0.05, 0.1) is 22.8 Å². The number of carbonyl (C=O) groups is 1. The van der Waals surface area contributed by atoms with Gasteiger partial charge in [-0.05, 0) is 56.9 Å². The van der Waals surface area contributed by atoms with Crippen LogP contribution in [-0.2, 0) is 13.0 Å². The molecule has 0 fully saturated rings. The van der Waals surface area contributed by atoms with Crippen LogP contribution in [-0.4, -0.2) is 35.4 Å². The summed E-state index contributed by atoms with van der Waals surface area (Å²) in [6.07, 6.45) is 5.84. The number of hydrogen-bond acceptors (Lipinski definition) is 5. The van der Waals surface area contributed by atoms with Gasteiger partial charge in [-0.3, -0.25) is 4.79 Å². The third kappa shape index (κ3) is 4.31. The summed E-state index contributed by atoms with van der Waals surface area (Å²) in [5.41, 5.74) is 2.68. The molecule has 1 aromatic carbocycles. The highest BCUT2D eigenvalue weighted by molar-refractivity contribution is 6.12. The average Bonchev–Trinajstić information content (AvgIpc) is 3.37. The number of aromatic nitrogens is 6. The number of hydrogen-bond donors (Lipinski definition) is 1. The van der Waals surface area contributed by atoms with Gasteiger partial charge in [0.2, 0.25) is 0 Å². The normalized spacial score (nSPS) is 13.9. The predicted molar refractivity (Wildman–Crippen MR) is 133 cm³/mol. The van der Waals surface area contributed by atoms with Crippen molar-refractivity contribution in [2.45, 2.75) is 71.9 Å². The fourth-order valence-corrected chi connectivity index (χ4v) is 4.55. The molecule has 0 saturated carbocycles. The molecule has 0 atom stereocenters. The van der Waals surface area contributed by atoms with Crippen LogP contribution in [0.5, 0.6) is 0 Å². The van der Waals surface area contributed by atoms with Crippen molar-refractivity contribution in [1.29, 1.82) is 0 Å². The van der Waals surface area contributed by atoms with E-state index in [0.717, 1.165) is 49.3 Å². The minimum Gasteiger partial charge on any atom is -0.319 e. The highest BCUT2D eigenvalue weighted by Gasteiger charge is 2.21. The molecule has 3 aromatic heterocycles. The molecule has 35 heavy (non-hydrogen) atoms. The van der Waals surface area contributed by atoms with Crippen LogP contribution in [0.1, 0.15) is 80.8 Å². The number of fused-ring (bicyclic) bond motifs is 2. The Morgan fingerprint density at radius 3 is 2.69 bits per heavy atom. The minimum atomic E-state index is -0.509. The second-order valence-electron chi connectivity index (χ2n) is 9.72. The Kier molecular flexibility index (Phi) is 6.08. The van der Waals surface area contributed by atoms with Crippen LogP contribution < -0.4 is 5.32 Å². The maximum atomic E-state index is 14.8. The highest BCUT2D eigenvalue weighted by atomic mass is 19.1. The van der Waals surface area contributed by atoms with Crippen molar-refractivity contribution in [2.75, 3.05) is 5.32 Å². The number of amides is 1. The number of rotatable bonds is 5. The van der Waals surface area contributed by atoms with Crippen molar-refractivity contribution < 1.29 is 9.18 Å². The topological polar surface area (TPSA) is 90.5 Å². The van der Waals surface area contributed by atoms with Gasteiger partial charge >= 0.3 is 0 Å². The van der Waals surface area contributed by atoms with Gasteiger partial charge in [-0.2, -0.15) is 5.10 Å². The maximum absolute atomic E-state index is 14.8. The lowest BCUT2D eigenvalue weighted by atomic mass is 10.0. The molecular weight excluding hydrogens is 445 g/mol. The summed E-state index contributed by atoms with van der Waals surface area (Å²) < 4.78 is 18.7. The van der Waals surface area contributed by atoms with Crippen LogP contribution in [0.3, 0.4) is 0 Å². The summed E-state index contributed by atoms with van der Waals surface area (Å²) >= 11 is 0. The molecule has 1 aliphatic rings. The van der Waals surface area contributed by atoms with Crippen molar-refractivity contribution >= 4 is 22.6 Å². The van der Waals surface area contributed by atoms with Crippen LogP contribution in [0.4, 0.5) is 10.1 Å². The number of nitrogens with one attached hydrogen (secondary N) is 1. The summed E-state index contributed by atoms with van der Waals surface area (Å²) in [5.74, 6) is 0.854. The molecule has 0 radical (unpaired) electrons. The second-order valence-corrected chi connectivity index (χ2v) is 9.72. The Bertz CT molecular complexity index is 1400. The standard InChI is InChI=1S/C26H30FN7O/c1-15(2)21-13-18(19-14-28-34(16(3)4)25(19)29-21)26(35)30-22-12-17(9-10-20(22)27)24-32-31-23-8-6-5-7-11-33(23)24/h9-10,12-16H,5-8,11H2,1-4H3,(H,30,35). The van der Waals surface area contributed by atoms with E-state index in [2.05, 4.69) is 25.2 Å². The van der Waals surface area contributed by atoms with Gasteiger partial charge < -0.3 is 9.88 Å². The first kappa shape index (κ1) is 23.1. The largest absolute Gasteiger partial charge is 0.319 e. The van der Waals surface area contributed by atoms with Gasteiger partial charge in [-0.15, -0.1) is 10.2 Å². The number of pyridine rings is 1. The molecule has 4 heterocycles. The van der Waals surface area contributed by atoms with Crippen molar-refractivity contribution in [2.24, 2.45) is 0 Å². The van der Waals surface area contributed by atoms with Crippen LogP contribution in [0, 0.1) is 5.82 Å². The Balaban J connectivity index is 1.52. The average molecular weight is 476 g/mol. The van der Waals surface area contributed by atoms with Crippen molar-refractivity contribution in [3.8, 4) is 11.4 Å². The maximum Gasteiger partial charge on any atom is 0.256 e. The molecule has 1 aliphatic heterocycles. The lowest BCUT2D eigenvalue weighted by Gasteiger charge is -2.13. The van der Waals surface area contributed by atoms with Crippen molar-refractivity contribution in [1.82, 2.24) is 29.5 Å². The van der Waals surface area contributed by atoms with E-state index in [9.17, 15) is 9.18 Å². The van der Waals surface area contributed by atoms with E-state index in [1.165, 1.54) is 6.07 Å². The number of carbonyl (C=O) groups excluding carboxylic acids is 1. The zero-order valence-electron chi connectivity index (χ0n) is 20.5. The van der Waals surface area contributed by atoms with Gasteiger partial charge in [0.15, 0.2) is 11.5 Å². The Hall–Kier alpha value is -3.62. The lowest BCUT2D eigenvalue weighted by Crippen LogP contribution is -2.15. The molecule has 0 aliphatic carbocycles. The predicted octanol–water partition coefficient (Wildman–Crippen LogP) is 5.51. The summed E-state index contributed by atoms with van der Waals surface area (Å²) in [7, 11) is 0. The molecular formula is C26H30FN7O. The lowest BCUT2D eigenvalue weighted by molar-refractivity contribution is 0.102. The van der Waals surface area contributed by atoms with Gasteiger partial charge in [-0.25, -0.2) is 14.1 Å². The van der Waals surface area contributed by atoms with Crippen LogP contribution in [0.15, 0.2) is 30.5 Å². The van der Waals surface area contributed by atoms with E-state index in [1.54, 1.807) is 29.1 Å². The zero-order chi connectivity index (χ0) is 24.7. The number of benzene rings is 1. The molecule has 0 unspecified atom stereocenters. The fourth-order valence-electron chi connectivity index (χ4n) is 4.55. The van der Waals surface area contributed by atoms with E-state index in [-0.39, 0.29) is 17.6 Å². The van der Waals surface area contributed by atoms with Gasteiger partial charge in [0, 0.05) is 30.3 Å². The first-order valence-electron chi connectivity index (χ1n) is 12.2. The molecule has 8 nitrogen and oxygen atoms in total. The van der Waals surface area contributed by atoms with E-state index in [1.807, 2.05) is 27.7 Å². The van der Waals surface area contributed by atoms with Crippen LogP contribution >= 0.6 is 0 Å². The second kappa shape index (κ2) is 9.20. The Morgan fingerprint density at radius 2 is 1.91 bits per heavy atom. The third-order valence-corrected chi connectivity index (χ3v) is 6.49. The van der Waals surface area contributed by atoms with Crippen molar-refractivity contribution in [3.63, 3.8) is 0 Å². The quantitative estimate of drug-likeness (QED) is 0.411. The van der Waals surface area contributed by atoms with Crippen LogP contribution in [0.2, 0.25) is 0 Å². The molecule has 1 amide bonds. The smallest absolute Gasteiger partial charge is 0.256 e. The summed E-state index contributed by atoms with van der Waals surface area (Å²) in [6.45, 7) is 8.92. The Morgan fingerprint density at radius 1 is 1.09 bits per heavy atom. The van der Waals surface area contributed by atoms with E-state index in [0.29, 0.717) is 22.4 Å². The molecule has 4 aromatic rings. The molecule has 1 N–H and O–H groups in total. The number of anilines is 1.